The summed E-state index contributed by atoms with van der Waals surface area (Å²) in [7, 11) is 0. The molecule has 0 atom stereocenters. The molecule has 112 valence electrons. The second-order valence-corrected chi connectivity index (χ2v) is 5.98. The first-order valence-corrected chi connectivity index (χ1v) is 7.84. The summed E-state index contributed by atoms with van der Waals surface area (Å²) < 4.78 is 0. The van der Waals surface area contributed by atoms with Crippen LogP contribution in [0.2, 0.25) is 0 Å². The van der Waals surface area contributed by atoms with Crippen molar-refractivity contribution in [3.8, 4) is 0 Å². The maximum absolute atomic E-state index is 12.1. The first kappa shape index (κ1) is 16.8. The van der Waals surface area contributed by atoms with Crippen LogP contribution in [0.4, 0.5) is 0 Å². The summed E-state index contributed by atoms with van der Waals surface area (Å²) in [4.78, 5) is 12.1. The Morgan fingerprint density at radius 2 is 1.53 bits per heavy atom. The van der Waals surface area contributed by atoms with E-state index >= 15 is 0 Å². The number of carbonyl (C=O) groups excluding carboxylic acids is 1. The molecule has 0 bridgehead atoms. The molecule has 2 rings (SSSR count). The van der Waals surface area contributed by atoms with Gasteiger partial charge in [-0.15, -0.1) is 12.4 Å². The number of piperidine rings is 1. The third kappa shape index (κ3) is 6.13. The first-order valence-electron chi connectivity index (χ1n) is 7.84. The highest BCUT2D eigenvalue weighted by Gasteiger charge is 2.21. The average molecular weight is 289 g/mol. The van der Waals surface area contributed by atoms with Gasteiger partial charge >= 0.3 is 0 Å². The van der Waals surface area contributed by atoms with Crippen molar-refractivity contribution < 1.29 is 4.79 Å². The molecule has 0 spiro atoms. The van der Waals surface area contributed by atoms with Crippen LogP contribution in [0.25, 0.3) is 0 Å². The minimum absolute atomic E-state index is 0. The van der Waals surface area contributed by atoms with Gasteiger partial charge in [-0.3, -0.25) is 4.79 Å². The molecule has 0 aromatic carbocycles. The third-order valence-electron chi connectivity index (χ3n) is 4.50. The van der Waals surface area contributed by atoms with Crippen LogP contribution in [0, 0.1) is 11.8 Å². The van der Waals surface area contributed by atoms with Gasteiger partial charge in [0, 0.05) is 12.5 Å². The zero-order valence-corrected chi connectivity index (χ0v) is 12.8. The number of nitrogens with one attached hydrogen (secondary N) is 2. The van der Waals surface area contributed by atoms with Crippen molar-refractivity contribution in [3.05, 3.63) is 0 Å². The number of halogens is 1. The Hall–Kier alpha value is -0.280. The summed E-state index contributed by atoms with van der Waals surface area (Å²) in [5.41, 5.74) is 0. The van der Waals surface area contributed by atoms with Crippen LogP contribution in [-0.4, -0.2) is 25.5 Å². The van der Waals surface area contributed by atoms with Gasteiger partial charge in [0.2, 0.25) is 5.91 Å². The number of rotatable bonds is 3. The molecule has 1 heterocycles. The van der Waals surface area contributed by atoms with Crippen LogP contribution in [0.5, 0.6) is 0 Å². The molecule has 4 heteroatoms. The SMILES string of the molecule is Cl.O=C(NCC1CCCCCCC1)C1CCNCC1. The van der Waals surface area contributed by atoms with Crippen LogP contribution >= 0.6 is 12.4 Å². The van der Waals surface area contributed by atoms with Crippen molar-refractivity contribution in [2.45, 2.75) is 57.8 Å². The van der Waals surface area contributed by atoms with Gasteiger partial charge in [0.25, 0.3) is 0 Å². The van der Waals surface area contributed by atoms with Crippen molar-refractivity contribution in [2.75, 3.05) is 19.6 Å². The van der Waals surface area contributed by atoms with Gasteiger partial charge in [-0.05, 0) is 44.7 Å². The molecule has 1 aliphatic carbocycles. The second kappa shape index (κ2) is 9.60. The van der Waals surface area contributed by atoms with Gasteiger partial charge in [0.05, 0.1) is 0 Å². The van der Waals surface area contributed by atoms with E-state index in [1.807, 2.05) is 0 Å². The summed E-state index contributed by atoms with van der Waals surface area (Å²) in [5.74, 6) is 1.30. The normalized spacial score (nSPS) is 22.9. The molecule has 0 aromatic heterocycles. The highest BCUT2D eigenvalue weighted by atomic mass is 35.5. The lowest BCUT2D eigenvalue weighted by molar-refractivity contribution is -0.125. The molecular formula is C15H29ClN2O. The number of amides is 1. The standard InChI is InChI=1S/C15H28N2O.ClH/c18-15(14-8-10-16-11-9-14)17-12-13-6-4-2-1-3-5-7-13;/h13-14,16H,1-12H2,(H,17,18);1H. The fourth-order valence-electron chi connectivity index (χ4n) is 3.22. The van der Waals surface area contributed by atoms with Crippen molar-refractivity contribution in [1.82, 2.24) is 10.6 Å². The van der Waals surface area contributed by atoms with Crippen LogP contribution < -0.4 is 10.6 Å². The van der Waals surface area contributed by atoms with Gasteiger partial charge in [0.1, 0.15) is 0 Å². The molecule has 1 saturated heterocycles. The monoisotopic (exact) mass is 288 g/mol. The molecule has 0 radical (unpaired) electrons. The predicted octanol–water partition coefficient (Wildman–Crippen LogP) is 2.88. The van der Waals surface area contributed by atoms with Gasteiger partial charge in [-0.2, -0.15) is 0 Å². The quantitative estimate of drug-likeness (QED) is 0.838. The molecule has 0 unspecified atom stereocenters. The number of hydrogen-bond acceptors (Lipinski definition) is 2. The van der Waals surface area contributed by atoms with E-state index in [4.69, 9.17) is 0 Å². The maximum Gasteiger partial charge on any atom is 0.223 e. The smallest absolute Gasteiger partial charge is 0.223 e. The largest absolute Gasteiger partial charge is 0.356 e. The minimum Gasteiger partial charge on any atom is -0.356 e. The Balaban J connectivity index is 0.00000180. The Labute approximate surface area is 123 Å². The topological polar surface area (TPSA) is 41.1 Å². The second-order valence-electron chi connectivity index (χ2n) is 5.98. The average Bonchev–Trinajstić information content (AvgIpc) is 2.38. The van der Waals surface area contributed by atoms with E-state index in [0.717, 1.165) is 38.4 Å². The van der Waals surface area contributed by atoms with E-state index in [-0.39, 0.29) is 18.3 Å². The first-order chi connectivity index (χ1) is 8.86. The van der Waals surface area contributed by atoms with Crippen LogP contribution in [0.1, 0.15) is 57.8 Å². The van der Waals surface area contributed by atoms with Gasteiger partial charge < -0.3 is 10.6 Å². The summed E-state index contributed by atoms with van der Waals surface area (Å²) >= 11 is 0. The predicted molar refractivity (Wildman–Crippen MR) is 81.7 cm³/mol. The molecule has 1 saturated carbocycles. The molecule has 2 aliphatic rings. The van der Waals surface area contributed by atoms with Gasteiger partial charge in [0.15, 0.2) is 0 Å². The lowest BCUT2D eigenvalue weighted by Crippen LogP contribution is -2.39. The van der Waals surface area contributed by atoms with Crippen LogP contribution in [0.15, 0.2) is 0 Å². The van der Waals surface area contributed by atoms with E-state index in [2.05, 4.69) is 10.6 Å². The Morgan fingerprint density at radius 3 is 2.16 bits per heavy atom. The highest BCUT2D eigenvalue weighted by Crippen LogP contribution is 2.22. The highest BCUT2D eigenvalue weighted by molar-refractivity contribution is 5.85. The maximum atomic E-state index is 12.1. The van der Waals surface area contributed by atoms with E-state index in [1.165, 1.54) is 44.9 Å². The minimum atomic E-state index is 0. The lowest BCUT2D eigenvalue weighted by Gasteiger charge is -2.24. The summed E-state index contributed by atoms with van der Waals surface area (Å²) in [6.45, 7) is 2.92. The lowest BCUT2D eigenvalue weighted by atomic mass is 9.90. The molecule has 1 amide bonds. The fourth-order valence-corrected chi connectivity index (χ4v) is 3.22. The van der Waals surface area contributed by atoms with E-state index < -0.39 is 0 Å². The molecule has 19 heavy (non-hydrogen) atoms. The summed E-state index contributed by atoms with van der Waals surface area (Å²) in [6, 6.07) is 0. The molecule has 0 aromatic rings. The zero-order valence-electron chi connectivity index (χ0n) is 12.0. The van der Waals surface area contributed by atoms with Crippen molar-refractivity contribution in [2.24, 2.45) is 11.8 Å². The molecule has 1 aliphatic heterocycles. The van der Waals surface area contributed by atoms with E-state index in [0.29, 0.717) is 5.91 Å². The van der Waals surface area contributed by atoms with Crippen molar-refractivity contribution >= 4 is 18.3 Å². The van der Waals surface area contributed by atoms with Crippen molar-refractivity contribution in [3.63, 3.8) is 0 Å². The number of hydrogen-bond donors (Lipinski definition) is 2. The number of carbonyl (C=O) groups is 1. The Kier molecular flexibility index (Phi) is 8.47. The molecule has 2 fully saturated rings. The molecular weight excluding hydrogens is 260 g/mol. The summed E-state index contributed by atoms with van der Waals surface area (Å²) in [6.07, 6.45) is 11.5. The molecule has 2 N–H and O–H groups in total. The van der Waals surface area contributed by atoms with Gasteiger partial charge in [-0.25, -0.2) is 0 Å². The van der Waals surface area contributed by atoms with Crippen LogP contribution in [0.3, 0.4) is 0 Å². The van der Waals surface area contributed by atoms with Crippen LogP contribution in [-0.2, 0) is 4.79 Å². The molecule has 3 nitrogen and oxygen atoms in total. The summed E-state index contributed by atoms with van der Waals surface area (Å²) in [5, 5.41) is 6.51. The van der Waals surface area contributed by atoms with Gasteiger partial charge in [-0.1, -0.05) is 32.1 Å². The Morgan fingerprint density at radius 1 is 0.947 bits per heavy atom. The Bertz CT molecular complexity index is 247. The van der Waals surface area contributed by atoms with Crippen molar-refractivity contribution in [1.29, 1.82) is 0 Å². The fraction of sp³-hybridized carbons (Fsp3) is 0.933. The third-order valence-corrected chi connectivity index (χ3v) is 4.50. The van der Waals surface area contributed by atoms with E-state index in [1.54, 1.807) is 0 Å². The van der Waals surface area contributed by atoms with E-state index in [9.17, 15) is 4.79 Å². The zero-order chi connectivity index (χ0) is 12.6.